The first-order valence-electron chi connectivity index (χ1n) is 9.50. The molecule has 1 atom stereocenters. The molecule has 0 aliphatic carbocycles. The summed E-state index contributed by atoms with van der Waals surface area (Å²) < 4.78 is 7.42. The smallest absolute Gasteiger partial charge is 0.191 e. The minimum Gasteiger partial charge on any atom is -0.496 e. The lowest BCUT2D eigenvalue weighted by Crippen LogP contribution is -2.42. The highest BCUT2D eigenvalue weighted by Crippen LogP contribution is 2.31. The molecule has 1 unspecified atom stereocenters. The molecule has 2 aromatic rings. The molecular weight excluding hydrogens is 467 g/mol. The van der Waals surface area contributed by atoms with Gasteiger partial charge in [-0.15, -0.1) is 24.0 Å². The summed E-state index contributed by atoms with van der Waals surface area (Å²) in [5.74, 6) is 1.73. The van der Waals surface area contributed by atoms with Crippen molar-refractivity contribution in [2.45, 2.75) is 25.4 Å². The molecule has 1 saturated heterocycles. The van der Waals surface area contributed by atoms with E-state index in [1.165, 1.54) is 18.4 Å². The van der Waals surface area contributed by atoms with Crippen LogP contribution in [0.25, 0.3) is 0 Å². The van der Waals surface area contributed by atoms with Crippen molar-refractivity contribution in [1.82, 2.24) is 25.3 Å². The van der Waals surface area contributed by atoms with Crippen LogP contribution in [0.4, 0.5) is 0 Å². The quantitative estimate of drug-likeness (QED) is 0.349. The van der Waals surface area contributed by atoms with E-state index in [1.807, 2.05) is 31.6 Å². The summed E-state index contributed by atoms with van der Waals surface area (Å²) in [6, 6.07) is 8.55. The monoisotopic (exact) mass is 498 g/mol. The van der Waals surface area contributed by atoms with E-state index in [4.69, 9.17) is 4.74 Å². The molecule has 1 aromatic heterocycles. The van der Waals surface area contributed by atoms with Crippen LogP contribution in [0.3, 0.4) is 0 Å². The van der Waals surface area contributed by atoms with E-state index in [-0.39, 0.29) is 30.0 Å². The average molecular weight is 498 g/mol. The van der Waals surface area contributed by atoms with Crippen LogP contribution in [0.5, 0.6) is 5.75 Å². The van der Waals surface area contributed by atoms with Gasteiger partial charge in [-0.2, -0.15) is 5.10 Å². The van der Waals surface area contributed by atoms with Gasteiger partial charge in [-0.3, -0.25) is 14.6 Å². The molecule has 1 fully saturated rings. The number of aromatic nitrogens is 2. The summed E-state index contributed by atoms with van der Waals surface area (Å²) in [7, 11) is 5.46. The first kappa shape index (κ1) is 22.5. The molecule has 1 aliphatic heterocycles. The first-order chi connectivity index (χ1) is 13.2. The number of ether oxygens (including phenoxy) is 1. The van der Waals surface area contributed by atoms with Gasteiger partial charge in [0, 0.05) is 44.5 Å². The normalized spacial score (nSPS) is 15.8. The Balaban J connectivity index is 0.00000280. The number of aryl methyl sites for hydroxylation is 1. The Morgan fingerprint density at radius 3 is 2.64 bits per heavy atom. The predicted molar refractivity (Wildman–Crippen MR) is 123 cm³/mol. The summed E-state index contributed by atoms with van der Waals surface area (Å²) in [5.41, 5.74) is 2.35. The lowest BCUT2D eigenvalue weighted by Gasteiger charge is -2.30. The number of guanidine groups is 1. The zero-order chi connectivity index (χ0) is 19.1. The highest BCUT2D eigenvalue weighted by atomic mass is 127. The number of nitrogens with zero attached hydrogens (tertiary/aromatic N) is 4. The van der Waals surface area contributed by atoms with Crippen LogP contribution in [0.1, 0.15) is 30.0 Å². The van der Waals surface area contributed by atoms with Crippen molar-refractivity contribution < 1.29 is 4.74 Å². The topological polar surface area (TPSA) is 66.7 Å². The van der Waals surface area contributed by atoms with Crippen molar-refractivity contribution in [2.24, 2.45) is 12.0 Å². The molecule has 0 saturated carbocycles. The van der Waals surface area contributed by atoms with Gasteiger partial charge in [-0.25, -0.2) is 0 Å². The fourth-order valence-corrected chi connectivity index (χ4v) is 3.59. The number of hydrogen-bond donors (Lipinski definition) is 2. The molecule has 2 heterocycles. The molecule has 0 radical (unpaired) electrons. The molecular formula is C20H31IN6O. The van der Waals surface area contributed by atoms with Gasteiger partial charge >= 0.3 is 0 Å². The number of halogens is 1. The van der Waals surface area contributed by atoms with E-state index in [0.29, 0.717) is 6.54 Å². The van der Waals surface area contributed by atoms with E-state index in [0.717, 1.165) is 36.9 Å². The second-order valence-electron chi connectivity index (χ2n) is 6.83. The van der Waals surface area contributed by atoms with Crippen LogP contribution in [0.2, 0.25) is 0 Å². The molecule has 0 spiro atoms. The maximum absolute atomic E-state index is 5.62. The zero-order valence-corrected chi connectivity index (χ0v) is 19.2. The van der Waals surface area contributed by atoms with Crippen LogP contribution in [0, 0.1) is 0 Å². The van der Waals surface area contributed by atoms with Crippen molar-refractivity contribution in [3.8, 4) is 5.75 Å². The number of methoxy groups -OCH3 is 1. The largest absolute Gasteiger partial charge is 0.496 e. The number of nitrogens with one attached hydrogen (secondary N) is 2. The number of benzene rings is 1. The molecule has 154 valence electrons. The average Bonchev–Trinajstić information content (AvgIpc) is 3.36. The third-order valence-electron chi connectivity index (χ3n) is 4.98. The van der Waals surface area contributed by atoms with Gasteiger partial charge in [0.1, 0.15) is 5.75 Å². The third kappa shape index (κ3) is 5.84. The predicted octanol–water partition coefficient (Wildman–Crippen LogP) is 2.55. The lowest BCUT2D eigenvalue weighted by atomic mass is 10.0. The van der Waals surface area contributed by atoms with E-state index >= 15 is 0 Å². The van der Waals surface area contributed by atoms with Gasteiger partial charge in [-0.05, 0) is 32.0 Å². The molecule has 8 heteroatoms. The summed E-state index contributed by atoms with van der Waals surface area (Å²) in [5, 5.41) is 11.1. The first-order valence-corrected chi connectivity index (χ1v) is 9.50. The molecule has 28 heavy (non-hydrogen) atoms. The summed E-state index contributed by atoms with van der Waals surface area (Å²) >= 11 is 0. The zero-order valence-electron chi connectivity index (χ0n) is 16.9. The van der Waals surface area contributed by atoms with Crippen LogP contribution in [-0.4, -0.2) is 54.4 Å². The molecule has 1 aliphatic rings. The standard InChI is InChI=1S/C20H30N6O.HI/c1-21-20(22-12-16-13-24-25(2)15-16)23-14-18(26-10-6-7-11-26)17-8-4-5-9-19(17)27-3;/h4-5,8-9,13,15,18H,6-7,10-12,14H2,1-3H3,(H2,21,22,23);1H. The van der Waals surface area contributed by atoms with Gasteiger partial charge in [0.15, 0.2) is 5.96 Å². The van der Waals surface area contributed by atoms with Crippen LogP contribution < -0.4 is 15.4 Å². The van der Waals surface area contributed by atoms with E-state index in [9.17, 15) is 0 Å². The SMILES string of the molecule is CN=C(NCc1cnn(C)c1)NCC(c1ccccc1OC)N1CCCC1.I. The second-order valence-corrected chi connectivity index (χ2v) is 6.83. The van der Waals surface area contributed by atoms with Crippen LogP contribution in [-0.2, 0) is 13.6 Å². The third-order valence-corrected chi connectivity index (χ3v) is 4.98. The molecule has 7 nitrogen and oxygen atoms in total. The fraction of sp³-hybridized carbons (Fsp3) is 0.500. The Bertz CT molecular complexity index is 757. The Morgan fingerprint density at radius 1 is 1.25 bits per heavy atom. The molecule has 2 N–H and O–H groups in total. The van der Waals surface area contributed by atoms with Crippen molar-refractivity contribution >= 4 is 29.9 Å². The van der Waals surface area contributed by atoms with Gasteiger partial charge < -0.3 is 15.4 Å². The number of hydrogen-bond acceptors (Lipinski definition) is 4. The molecule has 0 amide bonds. The number of aliphatic imine (C=N–C) groups is 1. The van der Waals surface area contributed by atoms with Gasteiger partial charge in [-0.1, -0.05) is 18.2 Å². The Kier molecular flexibility index (Phi) is 9.04. The van der Waals surface area contributed by atoms with Crippen LogP contribution >= 0.6 is 24.0 Å². The maximum atomic E-state index is 5.62. The van der Waals surface area contributed by atoms with Gasteiger partial charge in [0.2, 0.25) is 0 Å². The van der Waals surface area contributed by atoms with Crippen molar-refractivity contribution in [3.05, 3.63) is 47.8 Å². The van der Waals surface area contributed by atoms with Gasteiger partial charge in [0.25, 0.3) is 0 Å². The fourth-order valence-electron chi connectivity index (χ4n) is 3.59. The van der Waals surface area contributed by atoms with Gasteiger partial charge in [0.05, 0.1) is 19.3 Å². The minimum absolute atomic E-state index is 0. The maximum Gasteiger partial charge on any atom is 0.191 e. The van der Waals surface area contributed by atoms with E-state index in [1.54, 1.807) is 18.8 Å². The Hall–Kier alpha value is -1.81. The molecule has 0 bridgehead atoms. The summed E-state index contributed by atoms with van der Waals surface area (Å²) in [4.78, 5) is 6.89. The second kappa shape index (κ2) is 11.3. The minimum atomic E-state index is 0. The number of likely N-dealkylation sites (tertiary alicyclic amines) is 1. The Labute approximate surface area is 184 Å². The molecule has 1 aromatic carbocycles. The van der Waals surface area contributed by atoms with Crippen molar-refractivity contribution in [1.29, 1.82) is 0 Å². The van der Waals surface area contributed by atoms with Crippen LogP contribution in [0.15, 0.2) is 41.7 Å². The van der Waals surface area contributed by atoms with E-state index in [2.05, 4.69) is 37.8 Å². The van der Waals surface area contributed by atoms with E-state index < -0.39 is 0 Å². The highest BCUT2D eigenvalue weighted by Gasteiger charge is 2.26. The highest BCUT2D eigenvalue weighted by molar-refractivity contribution is 14.0. The molecule has 3 rings (SSSR count). The Morgan fingerprint density at radius 2 is 2.00 bits per heavy atom. The van der Waals surface area contributed by atoms with Crippen molar-refractivity contribution in [3.63, 3.8) is 0 Å². The summed E-state index contributed by atoms with van der Waals surface area (Å²) in [6.07, 6.45) is 6.36. The summed E-state index contributed by atoms with van der Waals surface area (Å²) in [6.45, 7) is 3.70. The lowest BCUT2D eigenvalue weighted by molar-refractivity contribution is 0.239. The number of rotatable bonds is 7. The van der Waals surface area contributed by atoms with Crippen molar-refractivity contribution in [2.75, 3.05) is 33.8 Å². The number of para-hydroxylation sites is 1.